The molecule has 0 aliphatic carbocycles. The number of hydrogen-bond acceptors (Lipinski definition) is 4. The number of benzene rings is 2. The maximum absolute atomic E-state index is 12.0. The Hall–Kier alpha value is -2.78. The van der Waals surface area contributed by atoms with E-state index in [0.717, 1.165) is 5.56 Å². The van der Waals surface area contributed by atoms with Crippen molar-refractivity contribution < 1.29 is 14.7 Å². The van der Waals surface area contributed by atoms with E-state index in [0.29, 0.717) is 28.3 Å². The molecule has 0 atom stereocenters. The zero-order valence-electron chi connectivity index (χ0n) is 14.7. The molecular weight excluding hydrogens is 348 g/mol. The van der Waals surface area contributed by atoms with Crippen molar-refractivity contribution in [2.24, 2.45) is 0 Å². The second-order valence-electron chi connectivity index (χ2n) is 6.36. The molecule has 0 aliphatic rings. The molecule has 0 fully saturated rings. The zero-order chi connectivity index (χ0) is 19.2. The molecule has 26 heavy (non-hydrogen) atoms. The third-order valence-corrected chi connectivity index (χ3v) is 5.01. The van der Waals surface area contributed by atoms with Crippen molar-refractivity contribution in [1.29, 1.82) is 5.26 Å². The first-order valence-corrected chi connectivity index (χ1v) is 9.19. The van der Waals surface area contributed by atoms with Crippen LogP contribution in [0.25, 0.3) is 0 Å². The molecule has 1 amide bonds. The van der Waals surface area contributed by atoms with Crippen molar-refractivity contribution in [1.82, 2.24) is 0 Å². The maximum atomic E-state index is 12.0. The second kappa shape index (κ2) is 8.54. The number of nitrogens with zero attached hydrogens (tertiary/aromatic N) is 1. The predicted octanol–water partition coefficient (Wildman–Crippen LogP) is 3.79. The molecule has 0 bridgehead atoms. The smallest absolute Gasteiger partial charge is 0.313 e. The average Bonchev–Trinajstić information content (AvgIpc) is 2.62. The zero-order valence-corrected chi connectivity index (χ0v) is 15.5. The molecule has 5 nitrogen and oxygen atoms in total. The average molecular weight is 368 g/mol. The molecule has 0 saturated heterocycles. The van der Waals surface area contributed by atoms with Crippen molar-refractivity contribution >= 4 is 29.3 Å². The summed E-state index contributed by atoms with van der Waals surface area (Å²) in [6, 6.07) is 16.2. The number of amides is 1. The van der Waals surface area contributed by atoms with E-state index in [9.17, 15) is 14.7 Å². The first-order valence-electron chi connectivity index (χ1n) is 8.03. The van der Waals surface area contributed by atoms with Crippen molar-refractivity contribution in [3.63, 3.8) is 0 Å². The van der Waals surface area contributed by atoms with Gasteiger partial charge in [-0.1, -0.05) is 24.3 Å². The predicted molar refractivity (Wildman–Crippen MR) is 103 cm³/mol. The summed E-state index contributed by atoms with van der Waals surface area (Å²) in [4.78, 5) is 23.3. The molecule has 0 unspecified atom stereocenters. The highest BCUT2D eigenvalue weighted by Crippen LogP contribution is 2.25. The van der Waals surface area contributed by atoms with Crippen molar-refractivity contribution in [3.05, 3.63) is 65.2 Å². The molecule has 2 N–H and O–H groups in total. The third-order valence-electron chi connectivity index (χ3n) is 4.01. The quantitative estimate of drug-likeness (QED) is 0.776. The number of anilines is 1. The number of carboxylic acid groups (broad SMARTS) is 1. The highest BCUT2D eigenvalue weighted by molar-refractivity contribution is 7.99. The normalized spacial score (nSPS) is 10.8. The summed E-state index contributed by atoms with van der Waals surface area (Å²) in [5.74, 6) is -0.0184. The number of rotatable bonds is 7. The van der Waals surface area contributed by atoms with E-state index in [2.05, 4.69) is 11.4 Å². The molecule has 0 aliphatic heterocycles. The van der Waals surface area contributed by atoms with E-state index < -0.39 is 11.4 Å². The maximum Gasteiger partial charge on any atom is 0.313 e. The Kier molecular flexibility index (Phi) is 6.42. The van der Waals surface area contributed by atoms with Crippen molar-refractivity contribution in [2.75, 3.05) is 11.1 Å². The van der Waals surface area contributed by atoms with E-state index in [1.807, 2.05) is 12.1 Å². The van der Waals surface area contributed by atoms with Gasteiger partial charge >= 0.3 is 5.97 Å². The minimum Gasteiger partial charge on any atom is -0.481 e. The van der Waals surface area contributed by atoms with Gasteiger partial charge in [0.1, 0.15) is 0 Å². The molecule has 2 rings (SSSR count). The summed E-state index contributed by atoms with van der Waals surface area (Å²) in [6.45, 7) is 3.28. The van der Waals surface area contributed by atoms with Crippen LogP contribution in [0.2, 0.25) is 0 Å². The van der Waals surface area contributed by atoms with E-state index in [1.54, 1.807) is 50.2 Å². The lowest BCUT2D eigenvalue weighted by molar-refractivity contribution is -0.142. The lowest BCUT2D eigenvalue weighted by atomic mass is 9.85. The summed E-state index contributed by atoms with van der Waals surface area (Å²) in [5, 5.41) is 20.8. The van der Waals surface area contributed by atoms with Crippen LogP contribution in [-0.4, -0.2) is 22.7 Å². The fraction of sp³-hybridized carbons (Fsp3) is 0.250. The number of hydrogen-bond donors (Lipinski definition) is 2. The van der Waals surface area contributed by atoms with E-state index in [4.69, 9.17) is 5.26 Å². The van der Waals surface area contributed by atoms with Crippen LogP contribution in [0.5, 0.6) is 0 Å². The molecule has 134 valence electrons. The number of carboxylic acids is 1. The third kappa shape index (κ3) is 5.11. The summed E-state index contributed by atoms with van der Waals surface area (Å²) in [5.41, 5.74) is 2.02. The summed E-state index contributed by atoms with van der Waals surface area (Å²) < 4.78 is 0. The molecule has 0 saturated carbocycles. The Morgan fingerprint density at radius 1 is 1.12 bits per heavy atom. The fourth-order valence-electron chi connectivity index (χ4n) is 2.23. The van der Waals surface area contributed by atoms with Gasteiger partial charge in [0, 0.05) is 11.4 Å². The number of nitrogens with one attached hydrogen (secondary N) is 1. The number of aliphatic carboxylic acids is 1. The summed E-state index contributed by atoms with van der Waals surface area (Å²) in [7, 11) is 0. The Balaban J connectivity index is 1.84. The number of carbonyl (C=O) groups excluding carboxylic acids is 1. The van der Waals surface area contributed by atoms with Gasteiger partial charge in [-0.15, -0.1) is 11.8 Å². The Morgan fingerprint density at radius 2 is 1.73 bits per heavy atom. The molecule has 2 aromatic carbocycles. The van der Waals surface area contributed by atoms with Gasteiger partial charge in [-0.25, -0.2) is 0 Å². The summed E-state index contributed by atoms with van der Waals surface area (Å²) in [6.07, 6.45) is 0. The topological polar surface area (TPSA) is 90.2 Å². The molecule has 0 heterocycles. The Labute approximate surface area is 157 Å². The highest BCUT2D eigenvalue weighted by Gasteiger charge is 2.29. The standard InChI is InChI=1S/C20H20N2O3S/c1-20(2,19(24)25)16-7-9-17(10-8-16)22-18(23)13-26-12-15-5-3-14(11-21)4-6-15/h3-10H,12-13H2,1-2H3,(H,22,23)(H,24,25). The lowest BCUT2D eigenvalue weighted by Gasteiger charge is -2.19. The van der Waals surface area contributed by atoms with Crippen LogP contribution in [0.1, 0.15) is 30.5 Å². The van der Waals surface area contributed by atoms with Crippen LogP contribution < -0.4 is 5.32 Å². The molecule has 2 aromatic rings. The first-order chi connectivity index (χ1) is 12.3. The second-order valence-corrected chi connectivity index (χ2v) is 7.34. The SMILES string of the molecule is CC(C)(C(=O)O)c1ccc(NC(=O)CSCc2ccc(C#N)cc2)cc1. The van der Waals surface area contributed by atoms with E-state index >= 15 is 0 Å². The number of carbonyl (C=O) groups is 2. The minimum atomic E-state index is -0.973. The van der Waals surface area contributed by atoms with Gasteiger partial charge < -0.3 is 10.4 Å². The van der Waals surface area contributed by atoms with E-state index in [-0.39, 0.29) is 5.91 Å². The van der Waals surface area contributed by atoms with Gasteiger partial charge in [0.15, 0.2) is 0 Å². The molecule has 6 heteroatoms. The number of nitriles is 1. The minimum absolute atomic E-state index is 0.117. The van der Waals surface area contributed by atoms with E-state index in [1.165, 1.54) is 11.8 Å². The molecule has 0 radical (unpaired) electrons. The molecule has 0 spiro atoms. The van der Waals surface area contributed by atoms with Crippen LogP contribution in [0.15, 0.2) is 48.5 Å². The van der Waals surface area contributed by atoms with Gasteiger partial charge in [-0.2, -0.15) is 5.26 Å². The Bertz CT molecular complexity index is 822. The monoisotopic (exact) mass is 368 g/mol. The Morgan fingerprint density at radius 3 is 2.27 bits per heavy atom. The largest absolute Gasteiger partial charge is 0.481 e. The van der Waals surface area contributed by atoms with Gasteiger partial charge in [0.2, 0.25) is 5.91 Å². The van der Waals surface area contributed by atoms with Crippen molar-refractivity contribution in [2.45, 2.75) is 25.0 Å². The van der Waals surface area contributed by atoms with Crippen LogP contribution in [0, 0.1) is 11.3 Å². The molecule has 0 aromatic heterocycles. The summed E-state index contributed by atoms with van der Waals surface area (Å²) >= 11 is 1.49. The van der Waals surface area contributed by atoms with Crippen LogP contribution in [-0.2, 0) is 20.8 Å². The van der Waals surface area contributed by atoms with Crippen molar-refractivity contribution in [3.8, 4) is 6.07 Å². The van der Waals surface area contributed by atoms with Gasteiger partial charge in [-0.05, 0) is 49.2 Å². The molecular formula is C20H20N2O3S. The highest BCUT2D eigenvalue weighted by atomic mass is 32.2. The first kappa shape index (κ1) is 19.5. The van der Waals surface area contributed by atoms with Gasteiger partial charge in [0.25, 0.3) is 0 Å². The number of thioether (sulfide) groups is 1. The van der Waals surface area contributed by atoms with Gasteiger partial charge in [0.05, 0.1) is 22.8 Å². The van der Waals surface area contributed by atoms with Crippen LogP contribution >= 0.6 is 11.8 Å². The lowest BCUT2D eigenvalue weighted by Crippen LogP contribution is -2.28. The van der Waals surface area contributed by atoms with Gasteiger partial charge in [-0.3, -0.25) is 9.59 Å². The van der Waals surface area contributed by atoms with Crippen LogP contribution in [0.4, 0.5) is 5.69 Å². The van der Waals surface area contributed by atoms with Crippen LogP contribution in [0.3, 0.4) is 0 Å². The fourth-order valence-corrected chi connectivity index (χ4v) is 3.02.